The second kappa shape index (κ2) is 4.71. The van der Waals surface area contributed by atoms with Crippen LogP contribution in [0.4, 0.5) is 0 Å². The van der Waals surface area contributed by atoms with E-state index in [9.17, 15) is 14.4 Å². The minimum absolute atomic E-state index is 0.245. The molecule has 0 aromatic rings. The summed E-state index contributed by atoms with van der Waals surface area (Å²) in [7, 11) is 3.67. The topological polar surface area (TPSA) is 100 Å². The Morgan fingerprint density at radius 3 is 2.25 bits per heavy atom. The summed E-state index contributed by atoms with van der Waals surface area (Å²) in [5, 5.41) is 2.39. The normalized spacial score (nSPS) is 34.3. The molecule has 112 valence electrons. The van der Waals surface area contributed by atoms with Crippen LogP contribution in [-0.2, 0) is 33.3 Å². The Morgan fingerprint density at radius 1 is 1.25 bits per heavy atom. The van der Waals surface area contributed by atoms with Gasteiger partial charge in [0.2, 0.25) is 5.91 Å². The monoisotopic (exact) mass is 287 g/mol. The van der Waals surface area contributed by atoms with Gasteiger partial charge in [-0.25, -0.2) is 9.59 Å². The van der Waals surface area contributed by atoms with E-state index >= 15 is 0 Å². The molecule has 0 spiro atoms. The van der Waals surface area contributed by atoms with Crippen molar-refractivity contribution in [3.05, 3.63) is 0 Å². The molecule has 1 unspecified atom stereocenters. The zero-order chi connectivity index (χ0) is 15.1. The summed E-state index contributed by atoms with van der Waals surface area (Å²) in [5.41, 5.74) is -3.45. The maximum atomic E-state index is 12.2. The standard InChI is InChI=1S/C12H17NO7/c1-11-6(5-7(17-2)20-11)8(14)13-12(11,9(15)18-3)10(16)19-4/h6-7H,5H2,1-4H3,(H,13,14)/t6-,7?,11-/m0/s1. The molecule has 0 aromatic carbocycles. The van der Waals surface area contributed by atoms with Crippen molar-refractivity contribution in [3.63, 3.8) is 0 Å². The number of rotatable bonds is 3. The van der Waals surface area contributed by atoms with E-state index in [1.165, 1.54) is 14.0 Å². The Labute approximate surface area is 115 Å². The van der Waals surface area contributed by atoms with Gasteiger partial charge < -0.3 is 24.3 Å². The molecule has 2 saturated heterocycles. The van der Waals surface area contributed by atoms with E-state index in [2.05, 4.69) is 14.8 Å². The van der Waals surface area contributed by atoms with Crippen molar-refractivity contribution >= 4 is 17.8 Å². The van der Waals surface area contributed by atoms with Crippen LogP contribution >= 0.6 is 0 Å². The summed E-state index contributed by atoms with van der Waals surface area (Å²) in [6.07, 6.45) is -0.432. The molecular formula is C12H17NO7. The average Bonchev–Trinajstić information content (AvgIpc) is 2.89. The Bertz CT molecular complexity index is 447. The highest BCUT2D eigenvalue weighted by atomic mass is 16.7. The molecule has 2 rings (SSSR count). The quantitative estimate of drug-likeness (QED) is 0.523. The van der Waals surface area contributed by atoms with Gasteiger partial charge in [0.1, 0.15) is 5.60 Å². The molecule has 0 bridgehead atoms. The van der Waals surface area contributed by atoms with E-state index in [1.54, 1.807) is 0 Å². The molecule has 0 radical (unpaired) electrons. The Kier molecular flexibility index (Phi) is 3.47. The van der Waals surface area contributed by atoms with E-state index < -0.39 is 41.2 Å². The molecule has 2 aliphatic heterocycles. The van der Waals surface area contributed by atoms with Gasteiger partial charge in [-0.15, -0.1) is 0 Å². The van der Waals surface area contributed by atoms with E-state index in [0.717, 1.165) is 14.2 Å². The van der Waals surface area contributed by atoms with Gasteiger partial charge in [-0.3, -0.25) is 4.79 Å². The number of esters is 2. The van der Waals surface area contributed by atoms with Crippen molar-refractivity contribution in [2.75, 3.05) is 21.3 Å². The zero-order valence-corrected chi connectivity index (χ0v) is 11.7. The van der Waals surface area contributed by atoms with Crippen LogP contribution in [0, 0.1) is 5.92 Å². The van der Waals surface area contributed by atoms with E-state index in [0.29, 0.717) is 0 Å². The third-order valence-corrected chi connectivity index (χ3v) is 4.09. The van der Waals surface area contributed by atoms with Gasteiger partial charge in [0, 0.05) is 13.5 Å². The van der Waals surface area contributed by atoms with Gasteiger partial charge in [-0.1, -0.05) is 0 Å². The molecule has 2 fully saturated rings. The van der Waals surface area contributed by atoms with Crippen LogP contribution in [0.2, 0.25) is 0 Å². The maximum Gasteiger partial charge on any atom is 0.346 e. The number of nitrogens with one attached hydrogen (secondary N) is 1. The minimum atomic E-state index is -2.02. The second-order valence-corrected chi connectivity index (χ2v) is 4.90. The Hall–Kier alpha value is -1.67. The number of carbonyl (C=O) groups is 3. The highest BCUT2D eigenvalue weighted by molar-refractivity contribution is 6.13. The molecule has 8 nitrogen and oxygen atoms in total. The van der Waals surface area contributed by atoms with Crippen LogP contribution in [0.5, 0.6) is 0 Å². The maximum absolute atomic E-state index is 12.2. The average molecular weight is 287 g/mol. The number of amides is 1. The number of ether oxygens (including phenoxy) is 4. The first-order valence-corrected chi connectivity index (χ1v) is 6.06. The molecule has 0 aliphatic carbocycles. The largest absolute Gasteiger partial charge is 0.467 e. The van der Waals surface area contributed by atoms with Gasteiger partial charge in [-0.05, 0) is 6.92 Å². The number of hydrogen-bond donors (Lipinski definition) is 1. The number of hydrogen-bond acceptors (Lipinski definition) is 7. The minimum Gasteiger partial charge on any atom is -0.467 e. The summed E-state index contributed by atoms with van der Waals surface area (Å²) in [6, 6.07) is 0. The lowest BCUT2D eigenvalue weighted by Gasteiger charge is -2.36. The lowest BCUT2D eigenvalue weighted by atomic mass is 9.77. The Morgan fingerprint density at radius 2 is 1.80 bits per heavy atom. The first-order chi connectivity index (χ1) is 9.37. The SMILES string of the molecule is COC(=O)C1(C(=O)OC)NC(=O)[C@@H]2CC(OC)O[C@@]21C. The van der Waals surface area contributed by atoms with Crippen LogP contribution in [0.25, 0.3) is 0 Å². The van der Waals surface area contributed by atoms with Crippen LogP contribution in [0.3, 0.4) is 0 Å². The fraction of sp³-hybridized carbons (Fsp3) is 0.750. The molecule has 8 heteroatoms. The van der Waals surface area contributed by atoms with E-state index in [1.807, 2.05) is 0 Å². The first-order valence-electron chi connectivity index (χ1n) is 6.06. The fourth-order valence-electron chi connectivity index (χ4n) is 2.96. The molecule has 0 aromatic heterocycles. The van der Waals surface area contributed by atoms with Gasteiger partial charge in [0.25, 0.3) is 5.54 Å². The van der Waals surface area contributed by atoms with Crippen LogP contribution in [0.1, 0.15) is 13.3 Å². The smallest absolute Gasteiger partial charge is 0.346 e. The van der Waals surface area contributed by atoms with Crippen molar-refractivity contribution in [1.29, 1.82) is 0 Å². The summed E-state index contributed by atoms with van der Waals surface area (Å²) in [6.45, 7) is 1.50. The fourth-order valence-corrected chi connectivity index (χ4v) is 2.96. The van der Waals surface area contributed by atoms with Crippen LogP contribution in [0.15, 0.2) is 0 Å². The highest BCUT2D eigenvalue weighted by Crippen LogP contribution is 2.49. The molecule has 20 heavy (non-hydrogen) atoms. The predicted molar refractivity (Wildman–Crippen MR) is 63.3 cm³/mol. The number of carbonyl (C=O) groups excluding carboxylic acids is 3. The van der Waals surface area contributed by atoms with E-state index in [4.69, 9.17) is 9.47 Å². The Balaban J connectivity index is 2.55. The van der Waals surface area contributed by atoms with Crippen molar-refractivity contribution in [3.8, 4) is 0 Å². The van der Waals surface area contributed by atoms with Crippen molar-refractivity contribution in [2.45, 2.75) is 30.8 Å². The van der Waals surface area contributed by atoms with Gasteiger partial charge in [-0.2, -0.15) is 0 Å². The molecule has 0 saturated carbocycles. The highest BCUT2D eigenvalue weighted by Gasteiger charge is 2.75. The zero-order valence-electron chi connectivity index (χ0n) is 11.7. The van der Waals surface area contributed by atoms with Crippen LogP contribution in [-0.4, -0.2) is 56.6 Å². The molecule has 1 N–H and O–H groups in total. The van der Waals surface area contributed by atoms with E-state index in [-0.39, 0.29) is 6.42 Å². The number of fused-ring (bicyclic) bond motifs is 1. The van der Waals surface area contributed by atoms with Crippen molar-refractivity contribution in [1.82, 2.24) is 5.32 Å². The summed E-state index contributed by atoms with van der Waals surface area (Å²) >= 11 is 0. The molecule has 1 amide bonds. The summed E-state index contributed by atoms with van der Waals surface area (Å²) < 4.78 is 20.1. The lowest BCUT2D eigenvalue weighted by Crippen LogP contribution is -2.68. The van der Waals surface area contributed by atoms with Crippen molar-refractivity contribution in [2.24, 2.45) is 5.92 Å². The molecule has 2 aliphatic rings. The summed E-state index contributed by atoms with van der Waals surface area (Å²) in [5.74, 6) is -3.03. The van der Waals surface area contributed by atoms with Crippen molar-refractivity contribution < 1.29 is 33.3 Å². The molecule has 3 atom stereocenters. The number of methoxy groups -OCH3 is 3. The third-order valence-electron chi connectivity index (χ3n) is 4.09. The third kappa shape index (κ3) is 1.58. The van der Waals surface area contributed by atoms with Gasteiger partial charge >= 0.3 is 11.9 Å². The molecule has 2 heterocycles. The van der Waals surface area contributed by atoms with Crippen LogP contribution < -0.4 is 5.32 Å². The predicted octanol–water partition coefficient (Wildman–Crippen LogP) is -1.03. The summed E-state index contributed by atoms with van der Waals surface area (Å²) in [4.78, 5) is 36.4. The van der Waals surface area contributed by atoms with Gasteiger partial charge in [0.15, 0.2) is 6.29 Å². The lowest BCUT2D eigenvalue weighted by molar-refractivity contribution is -0.198. The molecular weight excluding hydrogens is 270 g/mol. The first kappa shape index (κ1) is 14.7. The second-order valence-electron chi connectivity index (χ2n) is 4.90. The van der Waals surface area contributed by atoms with Gasteiger partial charge in [0.05, 0.1) is 20.1 Å².